The standard InChI is InChI=1S/C17H21N3O3/c21-15(19-11-12-5-3-4-9-18-12)8-10-20-16(22)13-6-1-2-7-14(13)17(20)23/h3-5,9,13-14H,1-2,6-8,10-11H2,(H,19,21)/t13-,14+. The highest BCUT2D eigenvalue weighted by Gasteiger charge is 2.47. The van der Waals surface area contributed by atoms with Gasteiger partial charge in [0.1, 0.15) is 0 Å². The van der Waals surface area contributed by atoms with E-state index in [0.29, 0.717) is 6.54 Å². The summed E-state index contributed by atoms with van der Waals surface area (Å²) < 4.78 is 0. The quantitative estimate of drug-likeness (QED) is 0.830. The van der Waals surface area contributed by atoms with Crippen molar-refractivity contribution in [3.05, 3.63) is 30.1 Å². The van der Waals surface area contributed by atoms with Crippen molar-refractivity contribution in [2.24, 2.45) is 11.8 Å². The lowest BCUT2D eigenvalue weighted by Gasteiger charge is -2.19. The number of carbonyl (C=O) groups is 3. The topological polar surface area (TPSA) is 79.4 Å². The maximum atomic E-state index is 12.3. The zero-order chi connectivity index (χ0) is 16.2. The number of nitrogens with zero attached hydrogens (tertiary/aromatic N) is 2. The maximum absolute atomic E-state index is 12.3. The molecule has 2 aliphatic rings. The van der Waals surface area contributed by atoms with Gasteiger partial charge in [-0.1, -0.05) is 18.9 Å². The minimum atomic E-state index is -0.175. The summed E-state index contributed by atoms with van der Waals surface area (Å²) in [6.45, 7) is 0.533. The molecule has 1 aliphatic carbocycles. The van der Waals surface area contributed by atoms with Crippen molar-refractivity contribution in [1.29, 1.82) is 0 Å². The summed E-state index contributed by atoms with van der Waals surface area (Å²) in [6.07, 6.45) is 5.45. The van der Waals surface area contributed by atoms with Gasteiger partial charge < -0.3 is 5.32 Å². The molecule has 1 aromatic rings. The molecule has 1 N–H and O–H groups in total. The molecule has 2 atom stereocenters. The van der Waals surface area contributed by atoms with Crippen LogP contribution in [-0.2, 0) is 20.9 Å². The second-order valence-corrected chi connectivity index (χ2v) is 6.17. The Hall–Kier alpha value is -2.24. The Balaban J connectivity index is 1.49. The Morgan fingerprint density at radius 2 is 1.87 bits per heavy atom. The molecule has 0 unspecified atom stereocenters. The number of nitrogens with one attached hydrogen (secondary N) is 1. The maximum Gasteiger partial charge on any atom is 0.233 e. The smallest absolute Gasteiger partial charge is 0.233 e. The monoisotopic (exact) mass is 315 g/mol. The molecule has 0 spiro atoms. The van der Waals surface area contributed by atoms with Crippen LogP contribution in [-0.4, -0.2) is 34.2 Å². The minimum Gasteiger partial charge on any atom is -0.350 e. The zero-order valence-corrected chi connectivity index (χ0v) is 13.0. The van der Waals surface area contributed by atoms with Crippen LogP contribution in [0.2, 0.25) is 0 Å². The number of aromatic nitrogens is 1. The molecule has 122 valence electrons. The molecule has 0 bridgehead atoms. The molecular formula is C17H21N3O3. The van der Waals surface area contributed by atoms with E-state index in [2.05, 4.69) is 10.3 Å². The fourth-order valence-electron chi connectivity index (χ4n) is 3.44. The van der Waals surface area contributed by atoms with Crippen LogP contribution in [0.1, 0.15) is 37.8 Å². The van der Waals surface area contributed by atoms with E-state index in [4.69, 9.17) is 0 Å². The highest BCUT2D eigenvalue weighted by atomic mass is 16.2. The molecule has 23 heavy (non-hydrogen) atoms. The molecule has 1 saturated carbocycles. The average molecular weight is 315 g/mol. The number of carbonyl (C=O) groups excluding carboxylic acids is 3. The minimum absolute atomic E-state index is 0.0859. The van der Waals surface area contributed by atoms with E-state index in [1.165, 1.54) is 4.90 Å². The van der Waals surface area contributed by atoms with Crippen LogP contribution >= 0.6 is 0 Å². The summed E-state index contributed by atoms with van der Waals surface area (Å²) in [4.78, 5) is 41.9. The first-order valence-electron chi connectivity index (χ1n) is 8.18. The van der Waals surface area contributed by atoms with E-state index in [0.717, 1.165) is 31.4 Å². The predicted octanol–water partition coefficient (Wildman–Crippen LogP) is 1.26. The van der Waals surface area contributed by atoms with Gasteiger partial charge in [0.05, 0.1) is 24.1 Å². The lowest BCUT2D eigenvalue weighted by molar-refractivity contribution is -0.140. The van der Waals surface area contributed by atoms with Gasteiger partial charge >= 0.3 is 0 Å². The summed E-state index contributed by atoms with van der Waals surface area (Å²) in [5.41, 5.74) is 0.778. The SMILES string of the molecule is O=C(CCN1C(=O)[C@H]2CCCC[C@H]2C1=O)NCc1ccccn1. The van der Waals surface area contributed by atoms with E-state index in [1.807, 2.05) is 18.2 Å². The number of hydrogen-bond acceptors (Lipinski definition) is 4. The Morgan fingerprint density at radius 3 is 2.48 bits per heavy atom. The molecule has 6 nitrogen and oxygen atoms in total. The first-order valence-corrected chi connectivity index (χ1v) is 8.18. The van der Waals surface area contributed by atoms with Gasteiger partial charge in [-0.25, -0.2) is 0 Å². The molecule has 3 amide bonds. The third-order valence-electron chi connectivity index (χ3n) is 4.69. The van der Waals surface area contributed by atoms with Gasteiger partial charge in [0.2, 0.25) is 17.7 Å². The summed E-state index contributed by atoms with van der Waals surface area (Å²) >= 11 is 0. The van der Waals surface area contributed by atoms with Crippen LogP contribution in [0.25, 0.3) is 0 Å². The molecule has 3 rings (SSSR count). The lowest BCUT2D eigenvalue weighted by Crippen LogP contribution is -2.35. The number of amides is 3. The van der Waals surface area contributed by atoms with E-state index in [1.54, 1.807) is 6.20 Å². The van der Waals surface area contributed by atoms with Crippen molar-refractivity contribution in [2.45, 2.75) is 38.6 Å². The van der Waals surface area contributed by atoms with E-state index in [9.17, 15) is 14.4 Å². The van der Waals surface area contributed by atoms with Crippen molar-refractivity contribution in [3.63, 3.8) is 0 Å². The molecule has 1 saturated heterocycles. The van der Waals surface area contributed by atoms with Crippen molar-refractivity contribution in [1.82, 2.24) is 15.2 Å². The van der Waals surface area contributed by atoms with E-state index in [-0.39, 0.29) is 42.5 Å². The largest absolute Gasteiger partial charge is 0.350 e. The molecule has 2 heterocycles. The zero-order valence-electron chi connectivity index (χ0n) is 13.0. The van der Waals surface area contributed by atoms with Crippen LogP contribution in [0.5, 0.6) is 0 Å². The van der Waals surface area contributed by atoms with Gasteiger partial charge in [0.15, 0.2) is 0 Å². The fraction of sp³-hybridized carbons (Fsp3) is 0.529. The second-order valence-electron chi connectivity index (χ2n) is 6.17. The van der Waals surface area contributed by atoms with Crippen molar-refractivity contribution in [2.75, 3.05) is 6.54 Å². The Labute approximate surface area is 135 Å². The van der Waals surface area contributed by atoms with Gasteiger partial charge in [-0.3, -0.25) is 24.3 Å². The van der Waals surface area contributed by atoms with Crippen LogP contribution in [0.15, 0.2) is 24.4 Å². The third kappa shape index (κ3) is 3.41. The van der Waals surface area contributed by atoms with Crippen molar-refractivity contribution in [3.8, 4) is 0 Å². The van der Waals surface area contributed by atoms with Gasteiger partial charge in [0.25, 0.3) is 0 Å². The first-order chi connectivity index (χ1) is 11.2. The summed E-state index contributed by atoms with van der Waals surface area (Å²) in [5.74, 6) is -0.638. The fourth-order valence-corrected chi connectivity index (χ4v) is 3.44. The van der Waals surface area contributed by atoms with Crippen molar-refractivity contribution >= 4 is 17.7 Å². The molecule has 1 aromatic heterocycles. The van der Waals surface area contributed by atoms with Crippen LogP contribution in [0, 0.1) is 11.8 Å². The normalized spacial score (nSPS) is 23.7. The van der Waals surface area contributed by atoms with Crippen molar-refractivity contribution < 1.29 is 14.4 Å². The van der Waals surface area contributed by atoms with Crippen LogP contribution in [0.4, 0.5) is 0 Å². The van der Waals surface area contributed by atoms with E-state index >= 15 is 0 Å². The number of rotatable bonds is 5. The number of likely N-dealkylation sites (tertiary alicyclic amines) is 1. The van der Waals surface area contributed by atoms with Gasteiger partial charge in [0, 0.05) is 19.2 Å². The molecular weight excluding hydrogens is 294 g/mol. The average Bonchev–Trinajstić information content (AvgIpc) is 2.83. The second kappa shape index (κ2) is 6.89. The Bertz CT molecular complexity index is 578. The molecule has 1 aliphatic heterocycles. The van der Waals surface area contributed by atoms with Gasteiger partial charge in [-0.2, -0.15) is 0 Å². The predicted molar refractivity (Wildman–Crippen MR) is 82.9 cm³/mol. The van der Waals surface area contributed by atoms with E-state index < -0.39 is 0 Å². The number of fused-ring (bicyclic) bond motifs is 1. The molecule has 0 radical (unpaired) electrons. The summed E-state index contributed by atoms with van der Waals surface area (Å²) in [7, 11) is 0. The summed E-state index contributed by atoms with van der Waals surface area (Å²) in [6, 6.07) is 5.51. The van der Waals surface area contributed by atoms with Gasteiger partial charge in [-0.15, -0.1) is 0 Å². The Kier molecular flexibility index (Phi) is 4.69. The molecule has 2 fully saturated rings. The third-order valence-corrected chi connectivity index (χ3v) is 4.69. The Morgan fingerprint density at radius 1 is 1.17 bits per heavy atom. The summed E-state index contributed by atoms with van der Waals surface area (Å²) in [5, 5.41) is 2.76. The van der Waals surface area contributed by atoms with Gasteiger partial charge in [-0.05, 0) is 25.0 Å². The molecule has 0 aromatic carbocycles. The lowest BCUT2D eigenvalue weighted by atomic mass is 9.81. The first kappa shape index (κ1) is 15.6. The number of pyridine rings is 1. The van der Waals surface area contributed by atoms with Crippen LogP contribution in [0.3, 0.4) is 0 Å². The highest BCUT2D eigenvalue weighted by Crippen LogP contribution is 2.37. The van der Waals surface area contributed by atoms with Crippen LogP contribution < -0.4 is 5.32 Å². The highest BCUT2D eigenvalue weighted by molar-refractivity contribution is 6.05. The number of imide groups is 1. The molecule has 6 heteroatoms. The number of hydrogen-bond donors (Lipinski definition) is 1.